The normalized spacial score (nSPS) is 9.56. The maximum atomic E-state index is 12.9. The zero-order chi connectivity index (χ0) is 14.3. The average Bonchev–Trinajstić information content (AvgIpc) is 2.23. The molecule has 0 spiro atoms. The molecule has 0 amide bonds. The van der Waals surface area contributed by atoms with E-state index >= 15 is 0 Å². The first-order valence-electron chi connectivity index (χ1n) is 4.78. The van der Waals surface area contributed by atoms with Crippen molar-refractivity contribution < 1.29 is 47.7 Å². The fraction of sp³-hybridized carbons (Fsp3) is 0.333. The molecule has 9 heteroatoms. The summed E-state index contributed by atoms with van der Waals surface area (Å²) in [6.07, 6.45) is -0.271. The summed E-state index contributed by atoms with van der Waals surface area (Å²) in [5.74, 6) is -2.30. The Hall–Kier alpha value is -0.717. The number of hydrogen-bond acceptors (Lipinski definition) is 4. The zero-order valence-electron chi connectivity index (χ0n) is 9.60. The number of rotatable bonds is 3. The summed E-state index contributed by atoms with van der Waals surface area (Å²) in [6.45, 7) is 3.38. The first-order chi connectivity index (χ1) is 8.33. The van der Waals surface area contributed by atoms with Crippen molar-refractivity contribution in [2.75, 3.05) is 0 Å². The molecule has 0 aliphatic carbocycles. The summed E-state index contributed by atoms with van der Waals surface area (Å²) in [6, 6.07) is 1.50. The summed E-state index contributed by atoms with van der Waals surface area (Å²) in [5.41, 5.74) is -0.192. The van der Waals surface area contributed by atoms with Gasteiger partial charge >= 0.3 is 34.9 Å². The summed E-state index contributed by atoms with van der Waals surface area (Å²) >= 11 is 0.630. The van der Waals surface area contributed by atoms with Gasteiger partial charge in [0.05, 0.1) is 6.10 Å². The Bertz CT molecular complexity index is 407. The van der Waals surface area contributed by atoms with Gasteiger partial charge in [0.2, 0.25) is 0 Å². The molecule has 0 saturated carbocycles. The van der Waals surface area contributed by atoms with Crippen LogP contribution in [-0.4, -0.2) is 23.3 Å². The Morgan fingerprint density at radius 1 is 1.28 bits per heavy atom. The van der Waals surface area contributed by atoms with Crippen LogP contribution in [0.5, 0.6) is 5.75 Å². The molecular weight excluding hydrogens is 422 g/mol. The van der Waals surface area contributed by atoms with Crippen LogP contribution in [0.15, 0.2) is 15.9 Å². The number of hydrogen-bond donors (Lipinski definition) is 2. The summed E-state index contributed by atoms with van der Waals surface area (Å²) in [7, 11) is -1.89. The molecule has 0 fully saturated rings. The molecule has 1 rings (SSSR count). The van der Waals surface area contributed by atoms with E-state index in [1.807, 2.05) is 0 Å². The molecule has 0 aliphatic rings. The van der Waals surface area contributed by atoms with Gasteiger partial charge in [0.1, 0.15) is 5.75 Å². The first kappa shape index (κ1) is 17.3. The standard InChI is InChI=1S/C9H11BF2O3.FN.W/c1-5(2)15-9-4-8(12)7(11)3-6(9)10(13)14;1-2;/h3-5,13-14H,1-2H3;;. The maximum absolute atomic E-state index is 12.9. The molecule has 2 N–H and O–H groups in total. The van der Waals surface area contributed by atoms with Crippen LogP contribution in [0.4, 0.5) is 13.3 Å². The zero-order valence-corrected chi connectivity index (χ0v) is 12.5. The second kappa shape index (κ2) is 8.40. The van der Waals surface area contributed by atoms with Gasteiger partial charge in [0.15, 0.2) is 11.6 Å². The molecule has 0 unspecified atom stereocenters. The predicted molar refractivity (Wildman–Crippen MR) is 55.5 cm³/mol. The number of halogens is 3. The van der Waals surface area contributed by atoms with Gasteiger partial charge in [-0.3, -0.25) is 0 Å². The van der Waals surface area contributed by atoms with E-state index < -0.39 is 18.8 Å². The van der Waals surface area contributed by atoms with Gasteiger partial charge < -0.3 is 14.8 Å². The fourth-order valence-electron chi connectivity index (χ4n) is 1.10. The number of nitrogens with zero attached hydrogens (tertiary/aromatic N) is 1. The molecule has 4 nitrogen and oxygen atoms in total. The Morgan fingerprint density at radius 3 is 2.11 bits per heavy atom. The Kier molecular flexibility index (Phi) is 8.06. The molecule has 0 aliphatic heterocycles. The van der Waals surface area contributed by atoms with Crippen molar-refractivity contribution in [3.8, 4) is 5.75 Å². The second-order valence-corrected chi connectivity index (χ2v) is 3.91. The van der Waals surface area contributed by atoms with Crippen LogP contribution in [0.25, 0.3) is 0 Å². The van der Waals surface area contributed by atoms with Crippen molar-refractivity contribution in [2.24, 2.45) is 3.72 Å². The second-order valence-electron chi connectivity index (χ2n) is 3.41. The topological polar surface area (TPSA) is 62.0 Å². The Labute approximate surface area is 114 Å². The average molecular weight is 433 g/mol. The van der Waals surface area contributed by atoms with E-state index in [4.69, 9.17) is 14.8 Å². The molecule has 1 aromatic carbocycles. The fourth-order valence-corrected chi connectivity index (χ4v) is 1.10. The molecule has 0 heterocycles. The van der Waals surface area contributed by atoms with Crippen LogP contribution < -0.4 is 10.2 Å². The van der Waals surface area contributed by atoms with Crippen molar-refractivity contribution in [2.45, 2.75) is 20.0 Å². The van der Waals surface area contributed by atoms with Crippen molar-refractivity contribution in [1.29, 1.82) is 0 Å². The quantitative estimate of drug-likeness (QED) is 0.701. The van der Waals surface area contributed by atoms with Crippen molar-refractivity contribution in [1.82, 2.24) is 0 Å². The Morgan fingerprint density at radius 2 is 1.72 bits per heavy atom. The van der Waals surface area contributed by atoms with Gasteiger partial charge in [-0.05, 0) is 19.9 Å². The van der Waals surface area contributed by atoms with Crippen LogP contribution >= 0.6 is 0 Å². The van der Waals surface area contributed by atoms with E-state index in [0.29, 0.717) is 25.7 Å². The van der Waals surface area contributed by atoms with Crippen molar-refractivity contribution in [3.05, 3.63) is 23.8 Å². The van der Waals surface area contributed by atoms with Gasteiger partial charge in [-0.1, -0.05) is 0 Å². The number of benzene rings is 1. The van der Waals surface area contributed by atoms with E-state index in [-0.39, 0.29) is 17.3 Å². The van der Waals surface area contributed by atoms with Crippen LogP contribution in [0.3, 0.4) is 0 Å². The summed E-state index contributed by atoms with van der Waals surface area (Å²) in [4.78, 5) is 0. The van der Waals surface area contributed by atoms with Gasteiger partial charge in [-0.25, -0.2) is 8.78 Å². The molecule has 0 radical (unpaired) electrons. The van der Waals surface area contributed by atoms with Crippen LogP contribution in [0.2, 0.25) is 0 Å². The molecule has 1 aromatic rings. The third-order valence-electron chi connectivity index (χ3n) is 1.69. The minimum absolute atomic E-state index is 0.0705. The third-order valence-corrected chi connectivity index (χ3v) is 1.69. The van der Waals surface area contributed by atoms with Crippen LogP contribution in [-0.2, 0) is 19.6 Å². The third kappa shape index (κ3) is 5.75. The molecule has 100 valence electrons. The van der Waals surface area contributed by atoms with Crippen LogP contribution in [0.1, 0.15) is 13.8 Å². The van der Waals surface area contributed by atoms with E-state index in [1.165, 1.54) is 0 Å². The van der Waals surface area contributed by atoms with Gasteiger partial charge in [-0.2, -0.15) is 0 Å². The Balaban J connectivity index is 0.000000873. The predicted octanol–water partition coefficient (Wildman–Crippen LogP) is 1.03. The number of ether oxygens (including phenoxy) is 1. The summed E-state index contributed by atoms with van der Waals surface area (Å²) in [5, 5.41) is 17.8. The SMILES string of the molecule is CC(C)Oc1cc(F)c(F)cc1B(O)O.F[N]=[W]. The van der Waals surface area contributed by atoms with E-state index in [1.54, 1.807) is 13.8 Å². The van der Waals surface area contributed by atoms with Crippen LogP contribution in [0, 0.1) is 11.6 Å². The first-order valence-corrected chi connectivity index (χ1v) is 6.10. The monoisotopic (exact) mass is 433 g/mol. The molecule has 18 heavy (non-hydrogen) atoms. The minimum atomic E-state index is -1.89. The molecule has 0 bridgehead atoms. The molecular formula is C9H11BF3NO3W. The van der Waals surface area contributed by atoms with Gasteiger partial charge in [0.25, 0.3) is 0 Å². The molecule has 0 aromatic heterocycles. The summed E-state index contributed by atoms with van der Waals surface area (Å²) < 4.78 is 42.8. The van der Waals surface area contributed by atoms with Crippen molar-refractivity contribution >= 4 is 12.6 Å². The van der Waals surface area contributed by atoms with Gasteiger partial charge in [0, 0.05) is 11.5 Å². The van der Waals surface area contributed by atoms with E-state index in [9.17, 15) is 13.3 Å². The van der Waals surface area contributed by atoms with Gasteiger partial charge in [-0.15, -0.1) is 0 Å². The van der Waals surface area contributed by atoms with Crippen molar-refractivity contribution in [3.63, 3.8) is 0 Å². The molecule has 0 saturated heterocycles. The van der Waals surface area contributed by atoms with E-state index in [2.05, 4.69) is 3.72 Å². The van der Waals surface area contributed by atoms with E-state index in [0.717, 1.165) is 6.07 Å². The molecule has 0 atom stereocenters.